The largest absolute Gasteiger partial charge is 0.417 e. The highest BCUT2D eigenvalue weighted by Gasteiger charge is 2.15. The topological polar surface area (TPSA) is 75.8 Å². The lowest BCUT2D eigenvalue weighted by Gasteiger charge is -2.17. The van der Waals surface area contributed by atoms with Gasteiger partial charge in [0.25, 0.3) is 0 Å². The minimum Gasteiger partial charge on any atom is -0.408 e. The van der Waals surface area contributed by atoms with Gasteiger partial charge in [-0.25, -0.2) is 9.78 Å². The zero-order valence-electron chi connectivity index (χ0n) is 10.1. The normalized spacial score (nSPS) is 14.7. The molecule has 1 aromatic carbocycles. The van der Waals surface area contributed by atoms with Crippen LogP contribution in [0.15, 0.2) is 33.6 Å². The first-order chi connectivity index (χ1) is 9.31. The number of hydrogen-bond acceptors (Lipinski definition) is 4. The van der Waals surface area contributed by atoms with Gasteiger partial charge in [-0.3, -0.25) is 4.98 Å². The molecule has 1 aliphatic heterocycles. The van der Waals surface area contributed by atoms with E-state index in [4.69, 9.17) is 4.42 Å². The van der Waals surface area contributed by atoms with Gasteiger partial charge in [0, 0.05) is 18.7 Å². The second-order valence-corrected chi connectivity index (χ2v) is 4.61. The SMILES string of the molecule is O=c1[nH]c2ccc(-c3cnc4n3CCNC4)cc2o1. The summed E-state index contributed by atoms with van der Waals surface area (Å²) in [6.45, 7) is 2.64. The van der Waals surface area contributed by atoms with Gasteiger partial charge in [0.2, 0.25) is 0 Å². The molecule has 1 aliphatic rings. The molecule has 0 amide bonds. The number of rotatable bonds is 1. The third kappa shape index (κ3) is 1.61. The molecule has 0 fully saturated rings. The highest BCUT2D eigenvalue weighted by molar-refractivity contribution is 5.79. The number of H-pyrrole nitrogens is 1. The van der Waals surface area contributed by atoms with E-state index in [2.05, 4.69) is 19.9 Å². The van der Waals surface area contributed by atoms with E-state index < -0.39 is 5.76 Å². The average Bonchev–Trinajstić information content (AvgIpc) is 2.99. The fourth-order valence-corrected chi connectivity index (χ4v) is 2.53. The molecule has 0 saturated carbocycles. The summed E-state index contributed by atoms with van der Waals surface area (Å²) in [7, 11) is 0. The Morgan fingerprint density at radius 1 is 1.37 bits per heavy atom. The maximum absolute atomic E-state index is 11.2. The molecule has 0 radical (unpaired) electrons. The number of nitrogens with zero attached hydrogens (tertiary/aromatic N) is 2. The molecule has 0 bridgehead atoms. The van der Waals surface area contributed by atoms with E-state index in [0.717, 1.165) is 36.7 Å². The number of hydrogen-bond donors (Lipinski definition) is 2. The molecular formula is C13H12N4O2. The molecule has 96 valence electrons. The first-order valence-corrected chi connectivity index (χ1v) is 6.19. The molecule has 4 rings (SSSR count). The average molecular weight is 256 g/mol. The number of imidazole rings is 1. The second-order valence-electron chi connectivity index (χ2n) is 4.61. The van der Waals surface area contributed by atoms with Crippen molar-refractivity contribution >= 4 is 11.1 Å². The maximum atomic E-state index is 11.2. The Kier molecular flexibility index (Phi) is 2.13. The predicted octanol–water partition coefficient (Wildman–Crippen LogP) is 1.09. The van der Waals surface area contributed by atoms with E-state index in [1.54, 1.807) is 0 Å². The van der Waals surface area contributed by atoms with Crippen molar-refractivity contribution < 1.29 is 4.42 Å². The van der Waals surface area contributed by atoms with Gasteiger partial charge in [0.1, 0.15) is 5.82 Å². The van der Waals surface area contributed by atoms with E-state index in [1.165, 1.54) is 0 Å². The number of fused-ring (bicyclic) bond motifs is 2. The lowest BCUT2D eigenvalue weighted by atomic mass is 10.1. The van der Waals surface area contributed by atoms with Crippen molar-refractivity contribution in [2.24, 2.45) is 0 Å². The van der Waals surface area contributed by atoms with Gasteiger partial charge in [-0.2, -0.15) is 0 Å². The minimum atomic E-state index is -0.424. The van der Waals surface area contributed by atoms with Gasteiger partial charge in [-0.1, -0.05) is 6.07 Å². The van der Waals surface area contributed by atoms with Crippen LogP contribution in [-0.4, -0.2) is 21.1 Å². The minimum absolute atomic E-state index is 0.424. The van der Waals surface area contributed by atoms with Crippen LogP contribution in [0.3, 0.4) is 0 Å². The van der Waals surface area contributed by atoms with Crippen LogP contribution in [0, 0.1) is 0 Å². The van der Waals surface area contributed by atoms with Crippen LogP contribution in [0.4, 0.5) is 0 Å². The van der Waals surface area contributed by atoms with Crippen molar-refractivity contribution in [3.05, 3.63) is 40.8 Å². The smallest absolute Gasteiger partial charge is 0.408 e. The Morgan fingerprint density at radius 2 is 2.32 bits per heavy atom. The summed E-state index contributed by atoms with van der Waals surface area (Å²) in [5, 5.41) is 3.29. The van der Waals surface area contributed by atoms with E-state index in [1.807, 2.05) is 24.4 Å². The number of aromatic amines is 1. The van der Waals surface area contributed by atoms with Gasteiger partial charge in [0.15, 0.2) is 5.58 Å². The number of nitrogens with one attached hydrogen (secondary N) is 2. The molecule has 6 heteroatoms. The first-order valence-electron chi connectivity index (χ1n) is 6.19. The van der Waals surface area contributed by atoms with Gasteiger partial charge < -0.3 is 14.3 Å². The fraction of sp³-hybridized carbons (Fsp3) is 0.231. The fourth-order valence-electron chi connectivity index (χ4n) is 2.53. The summed E-state index contributed by atoms with van der Waals surface area (Å²) in [5.41, 5.74) is 3.36. The van der Waals surface area contributed by atoms with Crippen molar-refractivity contribution in [1.29, 1.82) is 0 Å². The summed E-state index contributed by atoms with van der Waals surface area (Å²) in [5.74, 6) is 0.614. The van der Waals surface area contributed by atoms with Gasteiger partial charge in [-0.05, 0) is 12.1 Å². The highest BCUT2D eigenvalue weighted by Crippen LogP contribution is 2.25. The second kappa shape index (κ2) is 3.83. The Hall–Kier alpha value is -2.34. The van der Waals surface area contributed by atoms with Crippen LogP contribution in [0.1, 0.15) is 5.82 Å². The number of benzene rings is 1. The molecule has 3 aromatic rings. The summed E-state index contributed by atoms with van der Waals surface area (Å²) in [6.07, 6.45) is 1.87. The van der Waals surface area contributed by atoms with Crippen LogP contribution in [0.2, 0.25) is 0 Å². The van der Waals surface area contributed by atoms with Gasteiger partial charge in [-0.15, -0.1) is 0 Å². The summed E-state index contributed by atoms with van der Waals surface area (Å²) >= 11 is 0. The standard InChI is InChI=1S/C13H12N4O2/c18-13-16-9-2-1-8(5-11(9)19-13)10-6-15-12-7-14-3-4-17(10)12/h1-2,5-6,14H,3-4,7H2,(H,16,18). The van der Waals surface area contributed by atoms with Crippen LogP contribution in [-0.2, 0) is 13.1 Å². The third-order valence-corrected chi connectivity index (χ3v) is 3.45. The van der Waals surface area contributed by atoms with Crippen LogP contribution in [0.25, 0.3) is 22.4 Å². The number of aromatic nitrogens is 3. The predicted molar refractivity (Wildman–Crippen MR) is 69.8 cm³/mol. The lowest BCUT2D eigenvalue weighted by Crippen LogP contribution is -2.28. The van der Waals surface area contributed by atoms with E-state index in [-0.39, 0.29) is 0 Å². The Bertz CT molecular complexity index is 812. The van der Waals surface area contributed by atoms with E-state index in [0.29, 0.717) is 11.1 Å². The molecule has 0 unspecified atom stereocenters. The number of oxazole rings is 1. The molecule has 3 heterocycles. The van der Waals surface area contributed by atoms with E-state index >= 15 is 0 Å². The molecule has 0 atom stereocenters. The molecule has 0 aliphatic carbocycles. The zero-order valence-corrected chi connectivity index (χ0v) is 10.1. The van der Waals surface area contributed by atoms with Crippen molar-refractivity contribution in [3.8, 4) is 11.3 Å². The Labute approximate surface area is 108 Å². The van der Waals surface area contributed by atoms with Crippen molar-refractivity contribution in [2.45, 2.75) is 13.1 Å². The molecule has 0 spiro atoms. The molecule has 2 aromatic heterocycles. The van der Waals surface area contributed by atoms with Crippen molar-refractivity contribution in [1.82, 2.24) is 19.9 Å². The molecule has 2 N–H and O–H groups in total. The molecule has 19 heavy (non-hydrogen) atoms. The van der Waals surface area contributed by atoms with Crippen molar-refractivity contribution in [2.75, 3.05) is 6.54 Å². The lowest BCUT2D eigenvalue weighted by molar-refractivity contribution is 0.508. The summed E-state index contributed by atoms with van der Waals surface area (Å²) in [6, 6.07) is 5.70. The zero-order chi connectivity index (χ0) is 12.8. The third-order valence-electron chi connectivity index (χ3n) is 3.45. The molecule has 6 nitrogen and oxygen atoms in total. The van der Waals surface area contributed by atoms with E-state index in [9.17, 15) is 4.79 Å². The molecular weight excluding hydrogens is 244 g/mol. The van der Waals surface area contributed by atoms with Crippen LogP contribution >= 0.6 is 0 Å². The Balaban J connectivity index is 1.89. The molecule has 0 saturated heterocycles. The van der Waals surface area contributed by atoms with Crippen LogP contribution in [0.5, 0.6) is 0 Å². The quantitative estimate of drug-likeness (QED) is 0.683. The van der Waals surface area contributed by atoms with Gasteiger partial charge in [0.05, 0.1) is 24.0 Å². The Morgan fingerprint density at radius 3 is 3.26 bits per heavy atom. The van der Waals surface area contributed by atoms with Gasteiger partial charge >= 0.3 is 5.76 Å². The summed E-state index contributed by atoms with van der Waals surface area (Å²) < 4.78 is 7.29. The monoisotopic (exact) mass is 256 g/mol. The maximum Gasteiger partial charge on any atom is 0.417 e. The van der Waals surface area contributed by atoms with Crippen molar-refractivity contribution in [3.63, 3.8) is 0 Å². The first kappa shape index (κ1) is 10.6. The summed E-state index contributed by atoms with van der Waals surface area (Å²) in [4.78, 5) is 18.2. The highest BCUT2D eigenvalue weighted by atomic mass is 16.4. The van der Waals surface area contributed by atoms with Crippen LogP contribution < -0.4 is 11.1 Å².